The van der Waals surface area contributed by atoms with E-state index in [-0.39, 0.29) is 94.5 Å². The third kappa shape index (κ3) is 8.83. The van der Waals surface area contributed by atoms with Gasteiger partial charge >= 0.3 is 60.8 Å². The largest absolute Gasteiger partial charge is 2.00 e. The Hall–Kier alpha value is 2.76. The van der Waals surface area contributed by atoms with Gasteiger partial charge in [-0.2, -0.15) is 0 Å². The summed E-state index contributed by atoms with van der Waals surface area (Å²) in [7, 11) is 0. The molecule has 0 saturated heterocycles. The van der Waals surface area contributed by atoms with Gasteiger partial charge in [-0.1, -0.05) is 0 Å². The van der Waals surface area contributed by atoms with E-state index in [1.54, 1.807) is 0 Å². The van der Waals surface area contributed by atoms with Crippen LogP contribution in [0.1, 0.15) is 5.71 Å². The molecule has 0 rings (SSSR count). The van der Waals surface area contributed by atoms with Crippen molar-refractivity contribution in [3.05, 3.63) is 0 Å². The monoisotopic (exact) mass is 152 g/mol. The third-order valence-corrected chi connectivity index (χ3v) is 0. The van der Waals surface area contributed by atoms with E-state index in [9.17, 15) is 0 Å². The zero-order chi connectivity index (χ0) is 0. The molecular weight excluding hydrogens is 148 g/mol. The number of hydrogen-bond donors (Lipinski definition) is 0. The normalized spacial score (nSPS) is 0. The van der Waals surface area contributed by atoms with Crippen molar-refractivity contribution in [1.29, 1.82) is 0 Å². The summed E-state index contributed by atoms with van der Waals surface area (Å²) >= 11 is 0. The van der Waals surface area contributed by atoms with Crippen LogP contribution in [-0.2, 0) is 17.1 Å². The third-order valence-electron chi connectivity index (χ3n) is 0. The minimum absolute atomic E-state index is 0. The molecule has 20 valence electrons. The zero-order valence-electron chi connectivity index (χ0n) is 6.27. The predicted octanol–water partition coefficient (Wildman–Crippen LogP) is -0.695. The SMILES string of the molecule is [Ca+2].[Fe].[H-].[H-].[H-].[H-].[Mg+2].[Si]. The van der Waals surface area contributed by atoms with Crippen molar-refractivity contribution in [3.63, 3.8) is 0 Å². The summed E-state index contributed by atoms with van der Waals surface area (Å²) in [5, 5.41) is 0. The second-order valence-electron chi connectivity index (χ2n) is 0. The van der Waals surface area contributed by atoms with Crippen LogP contribution in [0.25, 0.3) is 0 Å². The molecule has 0 fully saturated rings. The van der Waals surface area contributed by atoms with Crippen LogP contribution >= 0.6 is 0 Å². The predicted molar refractivity (Wildman–Crippen MR) is 21.7 cm³/mol. The fourth-order valence-corrected chi connectivity index (χ4v) is 0. The van der Waals surface area contributed by atoms with Gasteiger partial charge in [0.05, 0.1) is 0 Å². The van der Waals surface area contributed by atoms with Gasteiger partial charge in [0, 0.05) is 28.0 Å². The molecule has 0 aliphatic rings. The second kappa shape index (κ2) is 17.1. The molecule has 0 aromatic carbocycles. The van der Waals surface area contributed by atoms with Gasteiger partial charge in [-0.3, -0.25) is 0 Å². The first kappa shape index (κ1) is 29.4. The van der Waals surface area contributed by atoms with Crippen LogP contribution in [0.2, 0.25) is 0 Å². The average Bonchev–Trinajstić information content (AvgIpc) is 0. The maximum atomic E-state index is 0. The van der Waals surface area contributed by atoms with Crippen LogP contribution in [-0.4, -0.2) is 71.8 Å². The van der Waals surface area contributed by atoms with Crippen molar-refractivity contribution in [3.8, 4) is 0 Å². The smallest absolute Gasteiger partial charge is 1.00 e. The fraction of sp³-hybridized carbons (Fsp3) is 0. The molecule has 4 radical (unpaired) electrons. The molecular formula is H4CaFeMgSi. The Kier molecular flexibility index (Phi) is 126. The zero-order valence-corrected chi connectivity index (χ0v) is 7.99. The Morgan fingerprint density at radius 2 is 1.25 bits per heavy atom. The summed E-state index contributed by atoms with van der Waals surface area (Å²) in [6.45, 7) is 0. The second-order valence-corrected chi connectivity index (χ2v) is 0. The van der Waals surface area contributed by atoms with E-state index in [0.29, 0.717) is 0 Å². The van der Waals surface area contributed by atoms with Crippen LogP contribution < -0.4 is 0 Å². The molecule has 0 unspecified atom stereocenters. The van der Waals surface area contributed by atoms with Gasteiger partial charge in [0.15, 0.2) is 0 Å². The standard InChI is InChI=1S/Ca.Fe.Mg.Si.4H/q+2;;+2;;4*-1. The van der Waals surface area contributed by atoms with Gasteiger partial charge in [-0.15, -0.1) is 0 Å². The van der Waals surface area contributed by atoms with E-state index in [0.717, 1.165) is 0 Å². The molecule has 0 amide bonds. The first-order valence-corrected chi connectivity index (χ1v) is 0. The minimum atomic E-state index is 0. The van der Waals surface area contributed by atoms with Gasteiger partial charge in [0.25, 0.3) is 0 Å². The van der Waals surface area contributed by atoms with Crippen molar-refractivity contribution in [1.82, 2.24) is 0 Å². The quantitative estimate of drug-likeness (QED) is 0.403. The Morgan fingerprint density at radius 3 is 1.25 bits per heavy atom. The average molecular weight is 152 g/mol. The van der Waals surface area contributed by atoms with Crippen molar-refractivity contribution in [2.24, 2.45) is 0 Å². The fourth-order valence-electron chi connectivity index (χ4n) is 0. The van der Waals surface area contributed by atoms with Crippen LogP contribution in [0.5, 0.6) is 0 Å². The summed E-state index contributed by atoms with van der Waals surface area (Å²) in [5.41, 5.74) is 0. The molecule has 0 aliphatic carbocycles. The molecule has 0 heterocycles. The summed E-state index contributed by atoms with van der Waals surface area (Å²) in [6.07, 6.45) is 0. The number of rotatable bonds is 0. The van der Waals surface area contributed by atoms with Crippen molar-refractivity contribution >= 4 is 71.8 Å². The number of hydrogen-bond acceptors (Lipinski definition) is 0. The van der Waals surface area contributed by atoms with Gasteiger partial charge < -0.3 is 5.71 Å². The summed E-state index contributed by atoms with van der Waals surface area (Å²) < 4.78 is 0. The van der Waals surface area contributed by atoms with E-state index >= 15 is 0 Å². The van der Waals surface area contributed by atoms with E-state index in [1.165, 1.54) is 0 Å². The molecule has 0 saturated carbocycles. The van der Waals surface area contributed by atoms with Crippen LogP contribution in [0, 0.1) is 0 Å². The summed E-state index contributed by atoms with van der Waals surface area (Å²) in [4.78, 5) is 0. The van der Waals surface area contributed by atoms with E-state index in [4.69, 9.17) is 0 Å². The molecule has 0 N–H and O–H groups in total. The molecule has 0 aromatic rings. The van der Waals surface area contributed by atoms with E-state index in [1.807, 2.05) is 0 Å². The van der Waals surface area contributed by atoms with Crippen molar-refractivity contribution in [2.75, 3.05) is 0 Å². The minimum Gasteiger partial charge on any atom is -1.00 e. The molecule has 0 spiro atoms. The molecule has 0 aliphatic heterocycles. The van der Waals surface area contributed by atoms with Crippen LogP contribution in [0.4, 0.5) is 0 Å². The molecule has 0 atom stereocenters. The molecule has 4 heteroatoms. The first-order chi connectivity index (χ1) is 0. The molecule has 0 nitrogen and oxygen atoms in total. The Morgan fingerprint density at radius 1 is 1.25 bits per heavy atom. The Labute approximate surface area is 93.1 Å². The van der Waals surface area contributed by atoms with E-state index < -0.39 is 0 Å². The Bertz CT molecular complexity index is 16.0. The van der Waals surface area contributed by atoms with Crippen molar-refractivity contribution < 1.29 is 22.8 Å². The van der Waals surface area contributed by atoms with Crippen LogP contribution in [0.15, 0.2) is 0 Å². The maximum Gasteiger partial charge on any atom is 2.00 e. The van der Waals surface area contributed by atoms with Gasteiger partial charge in [0.2, 0.25) is 0 Å². The summed E-state index contributed by atoms with van der Waals surface area (Å²) in [6, 6.07) is 0. The Balaban J connectivity index is 0. The van der Waals surface area contributed by atoms with Crippen LogP contribution in [0.3, 0.4) is 0 Å². The summed E-state index contributed by atoms with van der Waals surface area (Å²) in [5.74, 6) is 0. The van der Waals surface area contributed by atoms with Crippen molar-refractivity contribution in [2.45, 2.75) is 0 Å². The molecule has 4 heavy (non-hydrogen) atoms. The van der Waals surface area contributed by atoms with Gasteiger partial charge in [0.1, 0.15) is 0 Å². The van der Waals surface area contributed by atoms with Gasteiger partial charge in [-0.25, -0.2) is 0 Å². The molecule has 0 bridgehead atoms. The molecule has 0 aromatic heterocycles. The maximum absolute atomic E-state index is 0. The van der Waals surface area contributed by atoms with E-state index in [2.05, 4.69) is 0 Å². The first-order valence-electron chi connectivity index (χ1n) is 0. The van der Waals surface area contributed by atoms with Gasteiger partial charge in [-0.05, 0) is 0 Å². The topological polar surface area (TPSA) is 0 Å².